The molecule has 0 saturated heterocycles. The summed E-state index contributed by atoms with van der Waals surface area (Å²) in [5, 5.41) is 0. The third-order valence-electron chi connectivity index (χ3n) is 2.71. The molecule has 0 aliphatic rings. The summed E-state index contributed by atoms with van der Waals surface area (Å²) in [6.07, 6.45) is 1.80. The largest absolute Gasteiger partial charge is 0.355 e. The predicted molar refractivity (Wildman–Crippen MR) is 78.3 cm³/mol. The van der Waals surface area contributed by atoms with Crippen molar-refractivity contribution in [2.75, 3.05) is 11.9 Å². The second kappa shape index (κ2) is 5.69. The molecule has 0 radical (unpaired) electrons. The lowest BCUT2D eigenvalue weighted by atomic mass is 10.1. The molecule has 0 bridgehead atoms. The first-order valence-electron chi connectivity index (χ1n) is 5.73. The molecule has 0 unspecified atom stereocenters. The van der Waals surface area contributed by atoms with Gasteiger partial charge in [-0.15, -0.1) is 11.3 Å². The van der Waals surface area contributed by atoms with Crippen molar-refractivity contribution in [3.05, 3.63) is 45.2 Å². The molecule has 18 heavy (non-hydrogen) atoms. The van der Waals surface area contributed by atoms with E-state index in [0.29, 0.717) is 0 Å². The van der Waals surface area contributed by atoms with Crippen LogP contribution in [-0.4, -0.2) is 12.0 Å². The first kappa shape index (κ1) is 13.3. The van der Waals surface area contributed by atoms with Crippen molar-refractivity contribution in [2.24, 2.45) is 5.73 Å². The van der Waals surface area contributed by atoms with Gasteiger partial charge in [-0.2, -0.15) is 0 Å². The molecule has 5 heteroatoms. The molecule has 2 aromatic rings. The van der Waals surface area contributed by atoms with Gasteiger partial charge in [0.1, 0.15) is 5.82 Å². The molecular weight excluding hydrogens is 266 g/mol. The Morgan fingerprint density at radius 2 is 2.22 bits per heavy atom. The zero-order valence-electron chi connectivity index (χ0n) is 10.4. The van der Waals surface area contributed by atoms with Gasteiger partial charge in [0.2, 0.25) is 0 Å². The average molecular weight is 282 g/mol. The second-order valence-electron chi connectivity index (χ2n) is 4.30. The van der Waals surface area contributed by atoms with Crippen molar-refractivity contribution in [3.8, 4) is 0 Å². The fourth-order valence-corrected chi connectivity index (χ4v) is 2.82. The third-order valence-corrected chi connectivity index (χ3v) is 3.92. The maximum atomic E-state index is 5.92. The summed E-state index contributed by atoms with van der Waals surface area (Å²) >= 11 is 7.52. The topological polar surface area (TPSA) is 42.1 Å². The molecule has 2 aromatic heterocycles. The molecule has 2 heterocycles. The standard InChI is InChI=1S/C13H16ClN3S/c1-9(15)10-5-6-16-13(7-10)17(2)8-11-3-4-12(14)18-11/h3-7,9H,8,15H2,1-2H3/t9-/m0/s1. The zero-order valence-corrected chi connectivity index (χ0v) is 12.0. The normalized spacial score (nSPS) is 12.4. The maximum Gasteiger partial charge on any atom is 0.128 e. The highest BCUT2D eigenvalue weighted by Crippen LogP contribution is 2.24. The first-order valence-corrected chi connectivity index (χ1v) is 6.92. The van der Waals surface area contributed by atoms with Crippen LogP contribution in [0, 0.1) is 0 Å². The van der Waals surface area contributed by atoms with Gasteiger partial charge in [-0.1, -0.05) is 11.6 Å². The van der Waals surface area contributed by atoms with E-state index in [1.165, 1.54) is 4.88 Å². The number of thiophene rings is 1. The first-order chi connectivity index (χ1) is 8.56. The van der Waals surface area contributed by atoms with Crippen molar-refractivity contribution in [1.29, 1.82) is 0 Å². The number of nitrogens with zero attached hydrogens (tertiary/aromatic N) is 2. The van der Waals surface area contributed by atoms with E-state index in [2.05, 4.69) is 9.88 Å². The SMILES string of the molecule is C[C@H](N)c1ccnc(N(C)Cc2ccc(Cl)s2)c1. The van der Waals surface area contributed by atoms with Crippen LogP contribution in [0.5, 0.6) is 0 Å². The van der Waals surface area contributed by atoms with Gasteiger partial charge in [0.15, 0.2) is 0 Å². The van der Waals surface area contributed by atoms with Crippen molar-refractivity contribution >= 4 is 28.8 Å². The Balaban J connectivity index is 2.13. The highest BCUT2D eigenvalue weighted by molar-refractivity contribution is 7.16. The molecule has 0 aliphatic carbocycles. The number of hydrogen-bond acceptors (Lipinski definition) is 4. The van der Waals surface area contributed by atoms with Gasteiger partial charge in [-0.05, 0) is 36.8 Å². The molecule has 2 rings (SSSR count). The van der Waals surface area contributed by atoms with E-state index in [-0.39, 0.29) is 6.04 Å². The Morgan fingerprint density at radius 3 is 2.83 bits per heavy atom. The van der Waals surface area contributed by atoms with E-state index in [0.717, 1.165) is 22.3 Å². The fourth-order valence-electron chi connectivity index (χ4n) is 1.68. The van der Waals surface area contributed by atoms with Crippen LogP contribution in [0.3, 0.4) is 0 Å². The van der Waals surface area contributed by atoms with E-state index in [4.69, 9.17) is 17.3 Å². The molecule has 3 nitrogen and oxygen atoms in total. The van der Waals surface area contributed by atoms with Crippen LogP contribution in [0.4, 0.5) is 5.82 Å². The summed E-state index contributed by atoms with van der Waals surface area (Å²) in [6, 6.07) is 7.96. The van der Waals surface area contributed by atoms with E-state index < -0.39 is 0 Å². The van der Waals surface area contributed by atoms with Crippen molar-refractivity contribution in [2.45, 2.75) is 19.5 Å². The number of hydrogen-bond donors (Lipinski definition) is 1. The van der Waals surface area contributed by atoms with E-state index in [9.17, 15) is 0 Å². The molecular formula is C13H16ClN3S. The van der Waals surface area contributed by atoms with Gasteiger partial charge in [-0.25, -0.2) is 4.98 Å². The molecule has 0 spiro atoms. The van der Waals surface area contributed by atoms with Gasteiger partial charge in [-0.3, -0.25) is 0 Å². The molecule has 0 aliphatic heterocycles. The molecule has 96 valence electrons. The highest BCUT2D eigenvalue weighted by Gasteiger charge is 2.07. The number of halogens is 1. The van der Waals surface area contributed by atoms with E-state index >= 15 is 0 Å². The minimum Gasteiger partial charge on any atom is -0.355 e. The Labute approximate surface area is 116 Å². The Kier molecular flexibility index (Phi) is 4.22. The summed E-state index contributed by atoms with van der Waals surface area (Å²) in [4.78, 5) is 7.68. The fraction of sp³-hybridized carbons (Fsp3) is 0.308. The van der Waals surface area contributed by atoms with Crippen LogP contribution in [0.25, 0.3) is 0 Å². The van der Waals surface area contributed by atoms with Gasteiger partial charge >= 0.3 is 0 Å². The van der Waals surface area contributed by atoms with E-state index in [1.807, 2.05) is 38.2 Å². The highest BCUT2D eigenvalue weighted by atomic mass is 35.5. The van der Waals surface area contributed by atoms with Crippen molar-refractivity contribution < 1.29 is 0 Å². The van der Waals surface area contributed by atoms with Crippen LogP contribution in [0.2, 0.25) is 4.34 Å². The summed E-state index contributed by atoms with van der Waals surface area (Å²) in [6.45, 7) is 2.77. The smallest absolute Gasteiger partial charge is 0.128 e. The number of rotatable bonds is 4. The van der Waals surface area contributed by atoms with Crippen LogP contribution in [-0.2, 0) is 6.54 Å². The summed E-state index contributed by atoms with van der Waals surface area (Å²) < 4.78 is 0.815. The number of nitrogens with two attached hydrogens (primary N) is 1. The Bertz CT molecular complexity index is 524. The van der Waals surface area contributed by atoms with Gasteiger partial charge in [0.25, 0.3) is 0 Å². The maximum absolute atomic E-state index is 5.92. The molecule has 0 aromatic carbocycles. The lowest BCUT2D eigenvalue weighted by Gasteiger charge is -2.18. The van der Waals surface area contributed by atoms with Gasteiger partial charge in [0, 0.05) is 24.2 Å². The lowest BCUT2D eigenvalue weighted by Crippen LogP contribution is -2.17. The lowest BCUT2D eigenvalue weighted by molar-refractivity contribution is 0.810. The molecule has 0 saturated carbocycles. The van der Waals surface area contributed by atoms with E-state index in [1.54, 1.807) is 17.5 Å². The molecule has 0 fully saturated rings. The summed E-state index contributed by atoms with van der Waals surface area (Å²) in [7, 11) is 2.01. The second-order valence-corrected chi connectivity index (χ2v) is 6.10. The average Bonchev–Trinajstić information content (AvgIpc) is 2.75. The Hall–Kier alpha value is -1.10. The summed E-state index contributed by atoms with van der Waals surface area (Å²) in [5.74, 6) is 0.925. The molecule has 1 atom stereocenters. The molecule has 0 amide bonds. The zero-order chi connectivity index (χ0) is 13.1. The quantitative estimate of drug-likeness (QED) is 0.933. The number of aromatic nitrogens is 1. The number of pyridine rings is 1. The Morgan fingerprint density at radius 1 is 1.44 bits per heavy atom. The van der Waals surface area contributed by atoms with Crippen LogP contribution in [0.1, 0.15) is 23.4 Å². The summed E-state index contributed by atoms with van der Waals surface area (Å²) in [5.41, 5.74) is 6.97. The van der Waals surface area contributed by atoms with Crippen LogP contribution in [0.15, 0.2) is 30.5 Å². The minimum atomic E-state index is 0.0244. The minimum absolute atomic E-state index is 0.0244. The monoisotopic (exact) mass is 281 g/mol. The van der Waals surface area contributed by atoms with Crippen LogP contribution >= 0.6 is 22.9 Å². The number of anilines is 1. The van der Waals surface area contributed by atoms with Gasteiger partial charge < -0.3 is 10.6 Å². The van der Waals surface area contributed by atoms with Crippen molar-refractivity contribution in [3.63, 3.8) is 0 Å². The predicted octanol–water partition coefficient (Wildman–Crippen LogP) is 3.45. The third kappa shape index (κ3) is 3.22. The van der Waals surface area contributed by atoms with Crippen molar-refractivity contribution in [1.82, 2.24) is 4.98 Å². The van der Waals surface area contributed by atoms with Crippen LogP contribution < -0.4 is 10.6 Å². The van der Waals surface area contributed by atoms with Gasteiger partial charge in [0.05, 0.1) is 10.9 Å². The molecule has 2 N–H and O–H groups in total.